The first kappa shape index (κ1) is 85.0. The summed E-state index contributed by atoms with van der Waals surface area (Å²) >= 11 is 6.08. The van der Waals surface area contributed by atoms with Gasteiger partial charge in [-0.2, -0.15) is 0 Å². The van der Waals surface area contributed by atoms with Crippen LogP contribution in [-0.4, -0.2) is 415 Å². The van der Waals surface area contributed by atoms with Gasteiger partial charge < -0.3 is 166 Å². The average molecular weight is 1490 g/mol. The van der Waals surface area contributed by atoms with Gasteiger partial charge in [-0.15, -0.1) is 11.6 Å². The summed E-state index contributed by atoms with van der Waals surface area (Å²) in [6, 6.07) is 0. The summed E-state index contributed by atoms with van der Waals surface area (Å²) in [5.41, 5.74) is 0. The van der Waals surface area contributed by atoms with Crippen molar-refractivity contribution < 1.29 is 166 Å². The molecule has 21 saturated heterocycles. The molecule has 0 radical (unpaired) electrons. The van der Waals surface area contributed by atoms with Gasteiger partial charge in [-0.25, -0.2) is 0 Å². The van der Waals surface area contributed by atoms with Gasteiger partial charge in [-0.3, -0.25) is 4.79 Å². The van der Waals surface area contributed by atoms with Crippen LogP contribution in [0.2, 0.25) is 0 Å². The van der Waals surface area contributed by atoms with Crippen LogP contribution in [0.1, 0.15) is 0 Å². The summed E-state index contributed by atoms with van der Waals surface area (Å²) < 4.78 is 220. The minimum absolute atomic E-state index is 0.0524. The van der Waals surface area contributed by atoms with Crippen molar-refractivity contribution in [3.8, 4) is 0 Å². The van der Waals surface area contributed by atoms with Crippen LogP contribution in [0.25, 0.3) is 0 Å². The maximum atomic E-state index is 13.1. The van der Waals surface area contributed by atoms with Crippen molar-refractivity contribution in [1.82, 2.24) is 5.32 Å². The fourth-order valence-electron chi connectivity index (χ4n) is 15.0. The molecule has 0 saturated carbocycles. The van der Waals surface area contributed by atoms with Crippen LogP contribution < -0.4 is 5.32 Å². The van der Waals surface area contributed by atoms with E-state index in [1.807, 2.05) is 0 Å². The van der Waals surface area contributed by atoms with Crippen LogP contribution in [-0.2, 0) is 166 Å². The smallest absolute Gasteiger partial charge is 0.235 e. The molecule has 21 aliphatic heterocycles. The predicted octanol–water partition coefficient (Wildman–Crippen LogP) is -1.79. The largest absolute Gasteiger partial charge is 0.382 e. The Kier molecular flexibility index (Phi) is 35.2. The third-order valence-electron chi connectivity index (χ3n) is 19.6. The van der Waals surface area contributed by atoms with Crippen LogP contribution in [0, 0.1) is 0 Å². The highest BCUT2D eigenvalue weighted by molar-refractivity contribution is 6.27. The maximum Gasteiger partial charge on any atom is 0.235 e. The molecule has 0 aromatic carbocycles. The third kappa shape index (κ3) is 19.0. The molecular weight excluding hydrogens is 1380 g/mol. The summed E-state index contributed by atoms with van der Waals surface area (Å²) in [6.07, 6.45) is -37.7. The van der Waals surface area contributed by atoms with E-state index in [0.29, 0.717) is 0 Å². The molecular formula is C64H112ClNO35. The minimum Gasteiger partial charge on any atom is -0.382 e. The van der Waals surface area contributed by atoms with Gasteiger partial charge in [0, 0.05) is 149 Å². The number of amides is 1. The highest BCUT2D eigenvalue weighted by atomic mass is 35.5. The second-order valence-corrected chi connectivity index (χ2v) is 25.2. The summed E-state index contributed by atoms with van der Waals surface area (Å²) in [4.78, 5) is 13.1. The van der Waals surface area contributed by atoms with Crippen LogP contribution >= 0.6 is 11.6 Å². The maximum absolute atomic E-state index is 13.1. The van der Waals surface area contributed by atoms with Crippen LogP contribution in [0.5, 0.6) is 0 Å². The topological polar surface area (TPSA) is 343 Å². The van der Waals surface area contributed by atoms with E-state index < -0.39 is 221 Å². The van der Waals surface area contributed by atoms with Crippen LogP contribution in [0.15, 0.2) is 0 Å². The Balaban J connectivity index is 1.25. The highest BCUT2D eigenvalue weighted by Gasteiger charge is 2.62. The van der Waals surface area contributed by atoms with Crippen molar-refractivity contribution in [3.63, 3.8) is 0 Å². The fourth-order valence-corrected chi connectivity index (χ4v) is 15.1. The molecule has 1 N–H and O–H groups in total. The summed E-state index contributed by atoms with van der Waals surface area (Å²) in [5.74, 6) is -0.893. The zero-order chi connectivity index (χ0) is 73.2. The first-order chi connectivity index (χ1) is 49.1. The minimum atomic E-state index is -1.33. The van der Waals surface area contributed by atoms with Crippen molar-refractivity contribution in [3.05, 3.63) is 0 Å². The van der Waals surface area contributed by atoms with Crippen molar-refractivity contribution >= 4 is 17.5 Å². The van der Waals surface area contributed by atoms with Gasteiger partial charge in [0.15, 0.2) is 44.0 Å². The van der Waals surface area contributed by atoms with Gasteiger partial charge in [-0.05, 0) is 0 Å². The molecule has 0 aliphatic carbocycles. The van der Waals surface area contributed by atoms with Crippen molar-refractivity contribution in [2.75, 3.05) is 194 Å². The van der Waals surface area contributed by atoms with Crippen LogP contribution in [0.4, 0.5) is 0 Å². The standard InChI is InChI=1S/C64H112ClNO35/c1-68-23-30-38-45(75-8)53(83-16)60(90-30)98-40-32(25-70-3)92-62(55(85-18)47(40)77-10)100-42-34(27-72-5)94-64(57(87-20)49(42)79-12)101-43-35(28-73-6)93-63(56(86-19)50(43)80-13)99-41-33(26-71-4)91-61(54(84-17)48(41)78-11)97-39-31(24-69-2)89-59(52(82-15)46(39)76-9)95-37-29(22-66-36(67)21-65)88-58(96-38)51(81-14)44(37)74-7/h29-35,37-64H,21-28H2,1-20H3,(H,66,67)/t29-,30-,31+,32-,33+,34-,35+,37-,38-,39-,40-,41-,42-,43-,44+,45-,46+,47+,48+,49+,50+,51-,52-,53+,54-,55+,56-,57-,58-,59-,60-,61-,62-,63-,64-/m1/s1. The monoisotopic (exact) mass is 1490 g/mol. The molecule has 21 fully saturated rings. The first-order valence-electron chi connectivity index (χ1n) is 33.4. The van der Waals surface area contributed by atoms with Crippen LogP contribution in [0.3, 0.4) is 0 Å². The van der Waals surface area contributed by atoms with Crippen molar-refractivity contribution in [2.45, 2.75) is 215 Å². The Morgan fingerprint density at radius 1 is 0.238 bits per heavy atom. The van der Waals surface area contributed by atoms with Gasteiger partial charge in [0.1, 0.15) is 177 Å². The van der Waals surface area contributed by atoms with E-state index >= 15 is 0 Å². The van der Waals surface area contributed by atoms with E-state index in [2.05, 4.69) is 5.32 Å². The molecule has 0 spiro atoms. The summed E-state index contributed by atoms with van der Waals surface area (Å²) in [5, 5.41) is 2.83. The summed E-state index contributed by atoms with van der Waals surface area (Å²) in [6.45, 7) is -0.600. The number of nitrogens with one attached hydrogen (secondary N) is 1. The predicted molar refractivity (Wildman–Crippen MR) is 341 cm³/mol. The molecule has 21 heterocycles. The van der Waals surface area contributed by atoms with Crippen molar-refractivity contribution in [1.29, 1.82) is 0 Å². The number of methoxy groups -OCH3 is 20. The quantitative estimate of drug-likeness (QED) is 0.0809. The van der Waals surface area contributed by atoms with E-state index in [0.717, 1.165) is 0 Å². The second-order valence-electron chi connectivity index (χ2n) is 25.0. The number of ether oxygens (including phenoxy) is 34. The number of rotatable bonds is 29. The molecule has 37 heteroatoms. The fraction of sp³-hybridized carbons (Fsp3) is 0.984. The molecule has 21 aliphatic rings. The highest BCUT2D eigenvalue weighted by Crippen LogP contribution is 2.43. The molecule has 101 heavy (non-hydrogen) atoms. The lowest BCUT2D eigenvalue weighted by atomic mass is 9.94. The summed E-state index contributed by atoms with van der Waals surface area (Å²) in [7, 11) is 29.8. The van der Waals surface area contributed by atoms with E-state index in [-0.39, 0.29) is 52.1 Å². The SMILES string of the molecule is COC[C@@H]1O[C@@H]2O[C@H]3[C@H](OC)[C@@H](OC)[C@@H](O[C@H]4[C@H](OC)[C@@H](OC)[C@@H](O[C@H]5[C@@H](OC)[C@H](OC)[C@@H](O[C@H]6[C@H](OC)[C@H](OC)[C@@H](O[C@H]7[C@H](OC)[C@@H](OC)[C@@H](O[C@H]8[C@H](OC)[C@@H](OC)[C@@H](O[C@H]1[C@H](OC)[C@H]2OC)O[C@H]8COC)O[C@@H]7COC)O[C@@H]6COC)O[C@@H]5COC)O[C@@H]4CNC(=O)CCl)O[C@H]3COC. The van der Waals surface area contributed by atoms with Crippen molar-refractivity contribution in [2.24, 2.45) is 0 Å². The zero-order valence-corrected chi connectivity index (χ0v) is 62.3. The van der Waals surface area contributed by atoms with E-state index in [1.165, 1.54) is 142 Å². The normalized spacial score (nSPS) is 45.0. The number of hydrogen-bond acceptors (Lipinski definition) is 35. The second kappa shape index (κ2) is 41.8. The van der Waals surface area contributed by atoms with Gasteiger partial charge in [0.25, 0.3) is 0 Å². The lowest BCUT2D eigenvalue weighted by molar-refractivity contribution is -0.402. The number of halogens is 1. The Bertz CT molecular complexity index is 2330. The Morgan fingerprint density at radius 3 is 0.525 bits per heavy atom. The molecule has 0 aromatic heterocycles. The first-order valence-corrected chi connectivity index (χ1v) is 34.0. The van der Waals surface area contributed by atoms with Gasteiger partial charge >= 0.3 is 0 Å². The molecule has 0 unspecified atom stereocenters. The molecule has 0 aromatic rings. The Labute approximate surface area is 596 Å². The number of alkyl halides is 1. The molecule has 36 nitrogen and oxygen atoms in total. The zero-order valence-electron chi connectivity index (χ0n) is 61.5. The molecule has 590 valence electrons. The average Bonchev–Trinajstić information content (AvgIpc) is 0.772. The van der Waals surface area contributed by atoms with E-state index in [9.17, 15) is 4.79 Å². The number of carbonyl (C=O) groups is 1. The Hall–Kier alpha value is -1.60. The molecule has 14 bridgehead atoms. The molecule has 35 atom stereocenters. The number of hydrogen-bond donors (Lipinski definition) is 1. The Morgan fingerprint density at radius 2 is 0.386 bits per heavy atom. The lowest BCUT2D eigenvalue weighted by Gasteiger charge is -2.52. The lowest BCUT2D eigenvalue weighted by Crippen LogP contribution is -2.69. The van der Waals surface area contributed by atoms with Gasteiger partial charge in [0.2, 0.25) is 5.91 Å². The van der Waals surface area contributed by atoms with Gasteiger partial charge in [0.05, 0.1) is 39.6 Å². The molecule has 1 amide bonds. The van der Waals surface area contributed by atoms with Gasteiger partial charge in [-0.1, -0.05) is 0 Å². The molecule has 21 rings (SSSR count). The third-order valence-corrected chi connectivity index (χ3v) is 19.8. The number of carbonyl (C=O) groups excluding carboxylic acids is 1. The van der Waals surface area contributed by atoms with E-state index in [1.54, 1.807) is 0 Å². The van der Waals surface area contributed by atoms with E-state index in [4.69, 9.17) is 173 Å².